The van der Waals surface area contributed by atoms with Crippen LogP contribution in [-0.2, 0) is 13.0 Å². The zero-order valence-electron chi connectivity index (χ0n) is 10.2. The van der Waals surface area contributed by atoms with E-state index in [0.29, 0.717) is 12.1 Å². The van der Waals surface area contributed by atoms with E-state index in [1.165, 1.54) is 11.3 Å². The number of hydrogen-bond donors (Lipinski definition) is 0. The minimum atomic E-state index is 0.0592. The molecule has 90 valence electrons. The quantitative estimate of drug-likeness (QED) is 0.782. The molecule has 0 unspecified atom stereocenters. The SMILES string of the molecule is CCn1nc(C)cc1CC(=O)c1csc(C)n1. The Bertz CT molecular complexity index is 542. The van der Waals surface area contributed by atoms with Crippen molar-refractivity contribution in [3.63, 3.8) is 0 Å². The molecule has 2 aromatic heterocycles. The van der Waals surface area contributed by atoms with Crippen molar-refractivity contribution < 1.29 is 4.79 Å². The lowest BCUT2D eigenvalue weighted by molar-refractivity contribution is 0.0986. The molecule has 0 radical (unpaired) electrons. The molecule has 0 aliphatic heterocycles. The first-order valence-electron chi connectivity index (χ1n) is 5.58. The van der Waals surface area contributed by atoms with Crippen LogP contribution in [-0.4, -0.2) is 20.5 Å². The van der Waals surface area contributed by atoms with Gasteiger partial charge in [-0.1, -0.05) is 0 Å². The van der Waals surface area contributed by atoms with Gasteiger partial charge in [0.25, 0.3) is 0 Å². The third-order valence-electron chi connectivity index (χ3n) is 2.53. The van der Waals surface area contributed by atoms with Gasteiger partial charge < -0.3 is 0 Å². The van der Waals surface area contributed by atoms with Crippen LogP contribution in [0, 0.1) is 13.8 Å². The van der Waals surface area contributed by atoms with E-state index >= 15 is 0 Å². The van der Waals surface area contributed by atoms with Gasteiger partial charge in [0.1, 0.15) is 5.69 Å². The highest BCUT2D eigenvalue weighted by Crippen LogP contribution is 2.12. The Morgan fingerprint density at radius 3 is 2.82 bits per heavy atom. The molecule has 0 spiro atoms. The summed E-state index contributed by atoms with van der Waals surface area (Å²) in [6, 6.07) is 1.96. The van der Waals surface area contributed by atoms with Gasteiger partial charge >= 0.3 is 0 Å². The second-order valence-corrected chi connectivity index (χ2v) is 5.01. The lowest BCUT2D eigenvalue weighted by atomic mass is 10.2. The summed E-state index contributed by atoms with van der Waals surface area (Å²) in [6.07, 6.45) is 0.373. The standard InChI is InChI=1S/C12H15N3OS/c1-4-15-10(5-8(2)14-15)6-12(16)11-7-17-9(3)13-11/h5,7H,4,6H2,1-3H3. The van der Waals surface area contributed by atoms with E-state index in [-0.39, 0.29) is 5.78 Å². The van der Waals surface area contributed by atoms with Crippen molar-refractivity contribution in [1.29, 1.82) is 0 Å². The lowest BCUT2D eigenvalue weighted by Crippen LogP contribution is -2.10. The summed E-state index contributed by atoms with van der Waals surface area (Å²) in [6.45, 7) is 6.65. The number of aryl methyl sites for hydroxylation is 3. The van der Waals surface area contributed by atoms with E-state index in [0.717, 1.165) is 22.9 Å². The summed E-state index contributed by atoms with van der Waals surface area (Å²) in [7, 11) is 0. The van der Waals surface area contributed by atoms with Crippen molar-refractivity contribution >= 4 is 17.1 Å². The van der Waals surface area contributed by atoms with Gasteiger partial charge in [-0.15, -0.1) is 11.3 Å². The van der Waals surface area contributed by atoms with E-state index in [2.05, 4.69) is 10.1 Å². The average Bonchev–Trinajstić information content (AvgIpc) is 2.85. The molecule has 0 aliphatic rings. The minimum Gasteiger partial charge on any atom is -0.292 e. The Balaban J connectivity index is 2.18. The molecule has 2 rings (SSSR count). The van der Waals surface area contributed by atoms with Gasteiger partial charge in [0.05, 0.1) is 17.1 Å². The van der Waals surface area contributed by atoms with E-state index < -0.39 is 0 Å². The Morgan fingerprint density at radius 1 is 1.47 bits per heavy atom. The zero-order valence-corrected chi connectivity index (χ0v) is 11.0. The normalized spacial score (nSPS) is 10.8. The second-order valence-electron chi connectivity index (χ2n) is 3.94. The number of carbonyl (C=O) groups excluding carboxylic acids is 1. The Kier molecular flexibility index (Phi) is 3.38. The maximum atomic E-state index is 12.0. The molecule has 0 bridgehead atoms. The van der Waals surface area contributed by atoms with Crippen LogP contribution in [0.1, 0.15) is 33.8 Å². The van der Waals surface area contributed by atoms with Crippen LogP contribution in [0.3, 0.4) is 0 Å². The highest BCUT2D eigenvalue weighted by atomic mass is 32.1. The van der Waals surface area contributed by atoms with Crippen LogP contribution in [0.15, 0.2) is 11.4 Å². The predicted molar refractivity (Wildman–Crippen MR) is 67.5 cm³/mol. The molecule has 0 fully saturated rings. The zero-order chi connectivity index (χ0) is 12.4. The number of Topliss-reactive ketones (excluding diaryl/α,β-unsaturated/α-hetero) is 1. The molecule has 0 amide bonds. The number of nitrogens with zero attached hydrogens (tertiary/aromatic N) is 3. The summed E-state index contributed by atoms with van der Waals surface area (Å²) in [4.78, 5) is 16.2. The van der Waals surface area contributed by atoms with Crippen molar-refractivity contribution in [2.24, 2.45) is 0 Å². The Morgan fingerprint density at radius 2 is 2.24 bits per heavy atom. The summed E-state index contributed by atoms with van der Waals surface area (Å²) in [5.74, 6) is 0.0592. The highest BCUT2D eigenvalue weighted by Gasteiger charge is 2.13. The van der Waals surface area contributed by atoms with E-state index in [4.69, 9.17) is 0 Å². The fourth-order valence-corrected chi connectivity index (χ4v) is 2.38. The average molecular weight is 249 g/mol. The van der Waals surface area contributed by atoms with Gasteiger partial charge in [0, 0.05) is 17.6 Å². The number of ketones is 1. The molecule has 17 heavy (non-hydrogen) atoms. The number of hydrogen-bond acceptors (Lipinski definition) is 4. The Labute approximate surface area is 104 Å². The second kappa shape index (κ2) is 4.79. The minimum absolute atomic E-state index is 0.0592. The molecule has 2 aromatic rings. The number of rotatable bonds is 4. The highest BCUT2D eigenvalue weighted by molar-refractivity contribution is 7.09. The van der Waals surface area contributed by atoms with Gasteiger partial charge in [0.2, 0.25) is 0 Å². The van der Waals surface area contributed by atoms with Crippen LogP contribution in [0.2, 0.25) is 0 Å². The van der Waals surface area contributed by atoms with Gasteiger partial charge in [-0.3, -0.25) is 9.48 Å². The van der Waals surface area contributed by atoms with Crippen molar-refractivity contribution in [1.82, 2.24) is 14.8 Å². The fraction of sp³-hybridized carbons (Fsp3) is 0.417. The largest absolute Gasteiger partial charge is 0.292 e. The maximum Gasteiger partial charge on any atom is 0.187 e. The molecule has 0 N–H and O–H groups in total. The van der Waals surface area contributed by atoms with Crippen LogP contribution in [0.25, 0.3) is 0 Å². The van der Waals surface area contributed by atoms with Crippen LogP contribution >= 0.6 is 11.3 Å². The molecule has 0 saturated heterocycles. The molecule has 5 heteroatoms. The fourth-order valence-electron chi connectivity index (χ4n) is 1.76. The molecule has 2 heterocycles. The van der Waals surface area contributed by atoms with Crippen LogP contribution < -0.4 is 0 Å². The number of thiazole rings is 1. The molecular formula is C12H15N3OS. The first kappa shape index (κ1) is 12.0. The molecular weight excluding hydrogens is 234 g/mol. The maximum absolute atomic E-state index is 12.0. The van der Waals surface area contributed by atoms with Crippen molar-refractivity contribution in [3.05, 3.63) is 33.5 Å². The first-order valence-corrected chi connectivity index (χ1v) is 6.46. The van der Waals surface area contributed by atoms with Crippen molar-refractivity contribution in [2.45, 2.75) is 33.7 Å². The molecule has 4 nitrogen and oxygen atoms in total. The Hall–Kier alpha value is -1.49. The third-order valence-corrected chi connectivity index (χ3v) is 3.30. The van der Waals surface area contributed by atoms with Gasteiger partial charge in [0.15, 0.2) is 5.78 Å². The molecule has 0 atom stereocenters. The number of carbonyl (C=O) groups is 1. The van der Waals surface area contributed by atoms with Crippen LogP contribution in [0.4, 0.5) is 0 Å². The lowest BCUT2D eigenvalue weighted by Gasteiger charge is -2.02. The molecule has 0 aromatic carbocycles. The smallest absolute Gasteiger partial charge is 0.187 e. The summed E-state index contributed by atoms with van der Waals surface area (Å²) >= 11 is 1.50. The number of aromatic nitrogens is 3. The topological polar surface area (TPSA) is 47.8 Å². The summed E-state index contributed by atoms with van der Waals surface area (Å²) in [5, 5.41) is 7.07. The van der Waals surface area contributed by atoms with E-state index in [9.17, 15) is 4.79 Å². The summed E-state index contributed by atoms with van der Waals surface area (Å²) < 4.78 is 1.87. The molecule has 0 saturated carbocycles. The van der Waals surface area contributed by atoms with Gasteiger partial charge in [-0.2, -0.15) is 5.10 Å². The third kappa shape index (κ3) is 2.61. The van der Waals surface area contributed by atoms with Crippen molar-refractivity contribution in [2.75, 3.05) is 0 Å². The predicted octanol–water partition coefficient (Wildman–Crippen LogP) is 2.40. The van der Waals surface area contributed by atoms with E-state index in [1.807, 2.05) is 36.9 Å². The van der Waals surface area contributed by atoms with E-state index in [1.54, 1.807) is 0 Å². The monoisotopic (exact) mass is 249 g/mol. The first-order chi connectivity index (χ1) is 8.10. The van der Waals surface area contributed by atoms with Gasteiger partial charge in [-0.25, -0.2) is 4.98 Å². The summed E-state index contributed by atoms with van der Waals surface area (Å²) in [5.41, 5.74) is 2.47. The molecule has 0 aliphatic carbocycles. The van der Waals surface area contributed by atoms with Gasteiger partial charge in [-0.05, 0) is 26.8 Å². The van der Waals surface area contributed by atoms with Crippen LogP contribution in [0.5, 0.6) is 0 Å². The van der Waals surface area contributed by atoms with Crippen molar-refractivity contribution in [3.8, 4) is 0 Å².